The quantitative estimate of drug-likeness (QED) is 0.423. The van der Waals surface area contributed by atoms with Crippen molar-refractivity contribution in [2.24, 2.45) is 0 Å². The molecule has 150 valence electrons. The van der Waals surface area contributed by atoms with E-state index in [0.717, 1.165) is 22.0 Å². The van der Waals surface area contributed by atoms with Crippen molar-refractivity contribution in [2.45, 2.75) is 6.04 Å². The van der Waals surface area contributed by atoms with Crippen LogP contribution < -0.4 is 5.32 Å². The number of benzene rings is 3. The Morgan fingerprint density at radius 2 is 1.93 bits per heavy atom. The molecule has 0 saturated carbocycles. The van der Waals surface area contributed by atoms with Crippen molar-refractivity contribution in [3.63, 3.8) is 0 Å². The molecule has 0 unspecified atom stereocenters. The summed E-state index contributed by atoms with van der Waals surface area (Å²) in [6, 6.07) is 20.7. The average Bonchev–Trinajstić information content (AvgIpc) is 3.20. The van der Waals surface area contributed by atoms with Gasteiger partial charge in [0, 0.05) is 17.0 Å². The molecule has 3 N–H and O–H groups in total. The minimum Gasteiger partial charge on any atom is -0.394 e. The summed E-state index contributed by atoms with van der Waals surface area (Å²) in [6.45, 7) is -0.193. The summed E-state index contributed by atoms with van der Waals surface area (Å²) in [4.78, 5) is 12.3. The maximum absolute atomic E-state index is 13.6. The number of carbonyl (C=O) groups is 1. The van der Waals surface area contributed by atoms with Gasteiger partial charge in [-0.15, -0.1) is 0 Å². The van der Waals surface area contributed by atoms with Crippen LogP contribution in [-0.4, -0.2) is 27.8 Å². The fourth-order valence-electron chi connectivity index (χ4n) is 3.30. The van der Waals surface area contributed by atoms with Crippen molar-refractivity contribution >= 4 is 22.9 Å². The van der Waals surface area contributed by atoms with Crippen molar-refractivity contribution in [1.29, 1.82) is 0 Å². The smallest absolute Gasteiger partial charge is 0.244 e. The number of aliphatic hydroxyl groups is 1. The van der Waals surface area contributed by atoms with Crippen molar-refractivity contribution in [3.05, 3.63) is 95.8 Å². The van der Waals surface area contributed by atoms with E-state index in [1.54, 1.807) is 18.2 Å². The second-order valence-electron chi connectivity index (χ2n) is 6.88. The minimum absolute atomic E-state index is 0.193. The van der Waals surface area contributed by atoms with E-state index in [9.17, 15) is 14.3 Å². The fraction of sp³-hybridized carbons (Fsp3) is 0.0833. The third kappa shape index (κ3) is 4.29. The normalized spacial score (nSPS) is 12.3. The standard InChI is InChI=1S/C24H20FN3O2/c25-19-8-4-7-18(14-19)24-20-13-16(9-11-21(20)27-28-24)10-12-23(30)26-22(15-29)17-5-2-1-3-6-17/h1-14,22,29H,15H2,(H,26,30)(H,27,28)/t22-/m0/s1. The topological polar surface area (TPSA) is 78.0 Å². The van der Waals surface area contributed by atoms with Gasteiger partial charge in [-0.3, -0.25) is 9.89 Å². The van der Waals surface area contributed by atoms with E-state index in [-0.39, 0.29) is 18.3 Å². The number of nitrogens with zero attached hydrogens (tertiary/aromatic N) is 1. The first kappa shape index (κ1) is 19.5. The molecule has 1 heterocycles. The third-order valence-corrected chi connectivity index (χ3v) is 4.81. The zero-order valence-corrected chi connectivity index (χ0v) is 16.0. The summed E-state index contributed by atoms with van der Waals surface area (Å²) in [5.41, 5.74) is 3.78. The number of carbonyl (C=O) groups excluding carboxylic acids is 1. The Bertz CT molecular complexity index is 1200. The molecule has 1 amide bonds. The Hall–Kier alpha value is -3.77. The van der Waals surface area contributed by atoms with Crippen molar-refractivity contribution in [2.75, 3.05) is 6.61 Å². The minimum atomic E-state index is -0.473. The lowest BCUT2D eigenvalue weighted by Gasteiger charge is -2.15. The first-order chi connectivity index (χ1) is 14.6. The van der Waals surface area contributed by atoms with Crippen LogP contribution in [0.3, 0.4) is 0 Å². The summed E-state index contributed by atoms with van der Waals surface area (Å²) >= 11 is 0. The number of halogens is 1. The summed E-state index contributed by atoms with van der Waals surface area (Å²) in [5, 5.41) is 20.5. The van der Waals surface area contributed by atoms with Crippen molar-refractivity contribution in [3.8, 4) is 11.3 Å². The number of fused-ring (bicyclic) bond motifs is 1. The Morgan fingerprint density at radius 1 is 1.10 bits per heavy atom. The number of rotatable bonds is 6. The molecule has 4 aromatic rings. The molecule has 5 nitrogen and oxygen atoms in total. The van der Waals surface area contributed by atoms with Gasteiger partial charge in [0.05, 0.1) is 18.2 Å². The number of aromatic nitrogens is 2. The van der Waals surface area contributed by atoms with Crippen LogP contribution in [0.1, 0.15) is 17.2 Å². The molecule has 0 fully saturated rings. The molecule has 0 aliphatic heterocycles. The number of aromatic amines is 1. The highest BCUT2D eigenvalue weighted by molar-refractivity contribution is 5.96. The predicted octanol–water partition coefficient (Wildman–Crippen LogP) is 4.23. The predicted molar refractivity (Wildman–Crippen MR) is 115 cm³/mol. The van der Waals surface area contributed by atoms with E-state index in [0.29, 0.717) is 11.3 Å². The fourth-order valence-corrected chi connectivity index (χ4v) is 3.30. The second-order valence-corrected chi connectivity index (χ2v) is 6.88. The van der Waals surface area contributed by atoms with Crippen LogP contribution in [0.5, 0.6) is 0 Å². The first-order valence-corrected chi connectivity index (χ1v) is 9.52. The highest BCUT2D eigenvalue weighted by atomic mass is 19.1. The van der Waals surface area contributed by atoms with Gasteiger partial charge in [0.15, 0.2) is 0 Å². The third-order valence-electron chi connectivity index (χ3n) is 4.81. The molecule has 3 aromatic carbocycles. The Balaban J connectivity index is 1.54. The average molecular weight is 401 g/mol. The molecule has 0 bridgehead atoms. The van der Waals surface area contributed by atoms with Crippen LogP contribution in [-0.2, 0) is 4.79 Å². The van der Waals surface area contributed by atoms with E-state index in [1.807, 2.05) is 48.5 Å². The SMILES string of the molecule is O=C(C=Cc1ccc2[nH]nc(-c3cccc(F)c3)c2c1)N[C@@H](CO)c1ccccc1. The highest BCUT2D eigenvalue weighted by Crippen LogP contribution is 2.27. The monoisotopic (exact) mass is 401 g/mol. The Labute approximate surface area is 172 Å². The molecule has 30 heavy (non-hydrogen) atoms. The van der Waals surface area contributed by atoms with Gasteiger partial charge in [-0.05, 0) is 41.5 Å². The van der Waals surface area contributed by atoms with Crippen LogP contribution in [0.25, 0.3) is 28.2 Å². The Kier molecular flexibility index (Phi) is 5.68. The largest absolute Gasteiger partial charge is 0.394 e. The lowest BCUT2D eigenvalue weighted by atomic mass is 10.1. The van der Waals surface area contributed by atoms with Crippen LogP contribution >= 0.6 is 0 Å². The lowest BCUT2D eigenvalue weighted by Crippen LogP contribution is -2.29. The van der Waals surface area contributed by atoms with E-state index in [1.165, 1.54) is 18.2 Å². The van der Waals surface area contributed by atoms with Gasteiger partial charge >= 0.3 is 0 Å². The second kappa shape index (κ2) is 8.71. The first-order valence-electron chi connectivity index (χ1n) is 9.52. The van der Waals surface area contributed by atoms with Gasteiger partial charge < -0.3 is 10.4 Å². The molecule has 0 saturated heterocycles. The molecule has 4 rings (SSSR count). The van der Waals surface area contributed by atoms with Gasteiger partial charge in [-0.2, -0.15) is 5.10 Å². The molecule has 0 radical (unpaired) electrons. The summed E-state index contributed by atoms with van der Waals surface area (Å²) in [6.07, 6.45) is 3.12. The number of aliphatic hydroxyl groups excluding tert-OH is 1. The molecule has 1 atom stereocenters. The van der Waals surface area contributed by atoms with E-state index in [4.69, 9.17) is 0 Å². The number of hydrogen-bond donors (Lipinski definition) is 3. The number of amides is 1. The maximum atomic E-state index is 13.6. The lowest BCUT2D eigenvalue weighted by molar-refractivity contribution is -0.117. The maximum Gasteiger partial charge on any atom is 0.244 e. The molecule has 0 aliphatic rings. The molecule has 0 spiro atoms. The molecular formula is C24H20FN3O2. The Morgan fingerprint density at radius 3 is 2.70 bits per heavy atom. The van der Waals surface area contributed by atoms with Gasteiger partial charge in [-0.25, -0.2) is 4.39 Å². The van der Waals surface area contributed by atoms with Gasteiger partial charge in [-0.1, -0.05) is 48.5 Å². The van der Waals surface area contributed by atoms with E-state index < -0.39 is 6.04 Å². The van der Waals surface area contributed by atoms with E-state index in [2.05, 4.69) is 15.5 Å². The van der Waals surface area contributed by atoms with Crippen LogP contribution in [0.4, 0.5) is 4.39 Å². The van der Waals surface area contributed by atoms with Crippen molar-refractivity contribution < 1.29 is 14.3 Å². The zero-order valence-electron chi connectivity index (χ0n) is 16.0. The molecular weight excluding hydrogens is 381 g/mol. The van der Waals surface area contributed by atoms with Crippen LogP contribution in [0, 0.1) is 5.82 Å². The molecule has 1 aromatic heterocycles. The van der Waals surface area contributed by atoms with Crippen molar-refractivity contribution in [1.82, 2.24) is 15.5 Å². The zero-order chi connectivity index (χ0) is 20.9. The van der Waals surface area contributed by atoms with Gasteiger partial charge in [0.2, 0.25) is 5.91 Å². The molecule has 0 aliphatic carbocycles. The summed E-state index contributed by atoms with van der Waals surface area (Å²) in [5.74, 6) is -0.635. The van der Waals surface area contributed by atoms with Crippen LogP contribution in [0.2, 0.25) is 0 Å². The number of nitrogens with one attached hydrogen (secondary N) is 2. The number of H-pyrrole nitrogens is 1. The summed E-state index contributed by atoms with van der Waals surface area (Å²) in [7, 11) is 0. The summed E-state index contributed by atoms with van der Waals surface area (Å²) < 4.78 is 13.6. The number of hydrogen-bond acceptors (Lipinski definition) is 3. The van der Waals surface area contributed by atoms with E-state index >= 15 is 0 Å². The van der Waals surface area contributed by atoms with Gasteiger partial charge in [0.25, 0.3) is 0 Å². The molecule has 6 heteroatoms. The van der Waals surface area contributed by atoms with Crippen LogP contribution in [0.15, 0.2) is 78.9 Å². The van der Waals surface area contributed by atoms with Gasteiger partial charge in [0.1, 0.15) is 11.5 Å². The highest BCUT2D eigenvalue weighted by Gasteiger charge is 2.12.